The lowest BCUT2D eigenvalue weighted by Gasteiger charge is -2.26. The normalized spacial score (nSPS) is 15.2. The van der Waals surface area contributed by atoms with Crippen molar-refractivity contribution in [3.05, 3.63) is 46.7 Å². The van der Waals surface area contributed by atoms with E-state index in [0.717, 1.165) is 0 Å². The molecular weight excluding hydrogens is 386 g/mol. The van der Waals surface area contributed by atoms with Gasteiger partial charge in [-0.3, -0.25) is 4.57 Å². The maximum absolute atomic E-state index is 12.7. The summed E-state index contributed by atoms with van der Waals surface area (Å²) in [5.41, 5.74) is 1.29. The molecule has 2 aromatic heterocycles. The molecule has 1 saturated heterocycles. The zero-order valence-corrected chi connectivity index (χ0v) is 16.0. The van der Waals surface area contributed by atoms with E-state index < -0.39 is 15.8 Å². The van der Waals surface area contributed by atoms with Gasteiger partial charge >= 0.3 is 5.76 Å². The summed E-state index contributed by atoms with van der Waals surface area (Å²) in [5.74, 6) is 0.00366. The fourth-order valence-corrected chi connectivity index (χ4v) is 3.94. The highest BCUT2D eigenvalue weighted by Gasteiger charge is 2.18. The van der Waals surface area contributed by atoms with Gasteiger partial charge < -0.3 is 14.1 Å². The van der Waals surface area contributed by atoms with Gasteiger partial charge in [0.2, 0.25) is 16.0 Å². The van der Waals surface area contributed by atoms with Gasteiger partial charge in [0.15, 0.2) is 5.58 Å². The molecule has 1 N–H and O–H groups in total. The number of aromatic nitrogens is 3. The number of benzene rings is 1. The second kappa shape index (κ2) is 7.34. The minimum atomic E-state index is -3.80. The average Bonchev–Trinajstić information content (AvgIpc) is 3.01. The van der Waals surface area contributed by atoms with Gasteiger partial charge in [-0.15, -0.1) is 0 Å². The molecule has 1 aromatic carbocycles. The minimum absolute atomic E-state index is 0.0184. The van der Waals surface area contributed by atoms with Gasteiger partial charge in [-0.1, -0.05) is 0 Å². The maximum atomic E-state index is 12.7. The number of anilines is 1. The van der Waals surface area contributed by atoms with Crippen LogP contribution in [0.15, 0.2) is 44.6 Å². The zero-order chi connectivity index (χ0) is 19.7. The van der Waals surface area contributed by atoms with Crippen LogP contribution < -0.4 is 15.4 Å². The summed E-state index contributed by atoms with van der Waals surface area (Å²) in [4.78, 5) is 22.3. The van der Waals surface area contributed by atoms with E-state index in [-0.39, 0.29) is 11.4 Å². The summed E-state index contributed by atoms with van der Waals surface area (Å²) in [7, 11) is -2.28. The van der Waals surface area contributed by atoms with Crippen molar-refractivity contribution in [2.24, 2.45) is 7.05 Å². The minimum Gasteiger partial charge on any atom is -0.408 e. The van der Waals surface area contributed by atoms with Gasteiger partial charge in [-0.05, 0) is 24.3 Å². The SMILES string of the molecule is Cn1c(=O)oc2ccc(S(=O)(=O)NCc3ccnc(N4CCOCC4)n3)cc21. The Labute approximate surface area is 160 Å². The van der Waals surface area contributed by atoms with Crippen LogP contribution in [0.5, 0.6) is 0 Å². The molecular formula is C17H19N5O5S. The molecule has 3 aromatic rings. The first-order chi connectivity index (χ1) is 13.4. The fraction of sp³-hybridized carbons (Fsp3) is 0.353. The summed E-state index contributed by atoms with van der Waals surface area (Å²) in [5, 5.41) is 0. The number of aryl methyl sites for hydroxylation is 1. The number of fused-ring (bicyclic) bond motifs is 1. The van der Waals surface area contributed by atoms with Crippen LogP contribution >= 0.6 is 0 Å². The Hall–Kier alpha value is -2.76. The van der Waals surface area contributed by atoms with E-state index in [1.54, 1.807) is 12.3 Å². The van der Waals surface area contributed by atoms with Crippen LogP contribution in [0.4, 0.5) is 5.95 Å². The fourth-order valence-electron chi connectivity index (χ4n) is 2.92. The number of sulfonamides is 1. The van der Waals surface area contributed by atoms with Crippen LogP contribution in [0, 0.1) is 0 Å². The lowest BCUT2D eigenvalue weighted by atomic mass is 10.3. The second-order valence-corrected chi connectivity index (χ2v) is 8.10. The van der Waals surface area contributed by atoms with E-state index in [9.17, 15) is 13.2 Å². The Balaban J connectivity index is 1.52. The third kappa shape index (κ3) is 3.63. The number of nitrogens with zero attached hydrogens (tertiary/aromatic N) is 4. The number of nitrogens with one attached hydrogen (secondary N) is 1. The van der Waals surface area contributed by atoms with Gasteiger partial charge in [0.05, 0.1) is 35.9 Å². The van der Waals surface area contributed by atoms with Crippen LogP contribution in [-0.2, 0) is 28.4 Å². The van der Waals surface area contributed by atoms with E-state index in [1.807, 2.05) is 4.90 Å². The van der Waals surface area contributed by atoms with Gasteiger partial charge in [0.25, 0.3) is 0 Å². The van der Waals surface area contributed by atoms with Crippen molar-refractivity contribution in [3.8, 4) is 0 Å². The molecule has 11 heteroatoms. The first-order valence-electron chi connectivity index (χ1n) is 8.68. The first kappa shape index (κ1) is 18.6. The summed E-state index contributed by atoms with van der Waals surface area (Å²) in [6, 6.07) is 5.93. The van der Waals surface area contributed by atoms with Crippen molar-refractivity contribution >= 4 is 27.1 Å². The van der Waals surface area contributed by atoms with Crippen LogP contribution in [0.3, 0.4) is 0 Å². The molecule has 0 aliphatic carbocycles. The van der Waals surface area contributed by atoms with Crippen LogP contribution in [0.2, 0.25) is 0 Å². The third-order valence-electron chi connectivity index (χ3n) is 4.51. The van der Waals surface area contributed by atoms with Crippen molar-refractivity contribution in [2.75, 3.05) is 31.2 Å². The maximum Gasteiger partial charge on any atom is 0.419 e. The molecule has 1 fully saturated rings. The van der Waals surface area contributed by atoms with Crippen molar-refractivity contribution in [1.29, 1.82) is 0 Å². The average molecular weight is 405 g/mol. The molecule has 3 heterocycles. The Morgan fingerprint density at radius 2 is 2.00 bits per heavy atom. The zero-order valence-electron chi connectivity index (χ0n) is 15.2. The van der Waals surface area contributed by atoms with Crippen molar-refractivity contribution in [3.63, 3.8) is 0 Å². The smallest absolute Gasteiger partial charge is 0.408 e. The van der Waals surface area contributed by atoms with Gasteiger partial charge in [-0.25, -0.2) is 27.9 Å². The molecule has 1 aliphatic rings. The number of hydrogen-bond acceptors (Lipinski definition) is 8. The molecule has 0 saturated carbocycles. The van der Waals surface area contributed by atoms with E-state index in [1.165, 1.54) is 29.8 Å². The molecule has 0 amide bonds. The molecule has 10 nitrogen and oxygen atoms in total. The molecule has 0 radical (unpaired) electrons. The van der Waals surface area contributed by atoms with Crippen molar-refractivity contribution in [1.82, 2.24) is 19.3 Å². The van der Waals surface area contributed by atoms with E-state index >= 15 is 0 Å². The van der Waals surface area contributed by atoms with Gasteiger partial charge in [0.1, 0.15) is 0 Å². The number of morpholine rings is 1. The molecule has 28 heavy (non-hydrogen) atoms. The Bertz CT molecular complexity index is 1160. The van der Waals surface area contributed by atoms with Crippen LogP contribution in [0.1, 0.15) is 5.69 Å². The second-order valence-electron chi connectivity index (χ2n) is 6.33. The monoisotopic (exact) mass is 405 g/mol. The molecule has 0 bridgehead atoms. The highest BCUT2D eigenvalue weighted by Crippen LogP contribution is 2.18. The lowest BCUT2D eigenvalue weighted by molar-refractivity contribution is 0.122. The van der Waals surface area contributed by atoms with Crippen LogP contribution in [0.25, 0.3) is 11.1 Å². The number of ether oxygens (including phenoxy) is 1. The van der Waals surface area contributed by atoms with E-state index in [2.05, 4.69) is 14.7 Å². The summed E-state index contributed by atoms with van der Waals surface area (Å²) in [6.45, 7) is 2.63. The van der Waals surface area contributed by atoms with Gasteiger partial charge in [0, 0.05) is 26.3 Å². The van der Waals surface area contributed by atoms with Crippen LogP contribution in [-0.4, -0.2) is 49.3 Å². The molecule has 4 rings (SSSR count). The van der Waals surface area contributed by atoms with Gasteiger partial charge in [-0.2, -0.15) is 0 Å². The largest absolute Gasteiger partial charge is 0.419 e. The number of hydrogen-bond donors (Lipinski definition) is 1. The number of rotatable bonds is 5. The molecule has 0 atom stereocenters. The summed E-state index contributed by atoms with van der Waals surface area (Å²) < 4.78 is 39.4. The molecule has 148 valence electrons. The highest BCUT2D eigenvalue weighted by atomic mass is 32.2. The highest BCUT2D eigenvalue weighted by molar-refractivity contribution is 7.89. The third-order valence-corrected chi connectivity index (χ3v) is 5.91. The van der Waals surface area contributed by atoms with E-state index in [4.69, 9.17) is 9.15 Å². The summed E-state index contributed by atoms with van der Waals surface area (Å²) in [6.07, 6.45) is 1.61. The predicted octanol–water partition coefficient (Wildman–Crippen LogP) is 0.237. The first-order valence-corrected chi connectivity index (χ1v) is 10.2. The number of oxazole rings is 1. The molecule has 0 unspecified atom stereocenters. The summed E-state index contributed by atoms with van der Waals surface area (Å²) >= 11 is 0. The topological polar surface area (TPSA) is 120 Å². The Morgan fingerprint density at radius 1 is 1.21 bits per heavy atom. The van der Waals surface area contributed by atoms with Crippen molar-refractivity contribution < 1.29 is 17.6 Å². The standard InChI is InChI=1S/C17H19N5O5S/c1-21-14-10-13(2-3-15(14)27-17(21)23)28(24,25)19-11-12-4-5-18-16(20-12)22-6-8-26-9-7-22/h2-5,10,19H,6-9,11H2,1H3. The molecule has 1 aliphatic heterocycles. The predicted molar refractivity (Wildman–Crippen MR) is 101 cm³/mol. The van der Waals surface area contributed by atoms with Crippen molar-refractivity contribution in [2.45, 2.75) is 11.4 Å². The molecule has 0 spiro atoms. The Morgan fingerprint density at radius 3 is 2.79 bits per heavy atom. The van der Waals surface area contributed by atoms with E-state index in [0.29, 0.717) is 49.0 Å². The quantitative estimate of drug-likeness (QED) is 0.641. The lowest BCUT2D eigenvalue weighted by Crippen LogP contribution is -2.37. The Kier molecular flexibility index (Phi) is 4.87.